The predicted octanol–water partition coefficient (Wildman–Crippen LogP) is 2.53. The van der Waals surface area contributed by atoms with Crippen molar-refractivity contribution in [3.05, 3.63) is 17.7 Å². The third-order valence-electron chi connectivity index (χ3n) is 1.86. The van der Waals surface area contributed by atoms with E-state index < -0.39 is 0 Å². The summed E-state index contributed by atoms with van der Waals surface area (Å²) in [6, 6.07) is 3.63. The van der Waals surface area contributed by atoms with Crippen molar-refractivity contribution in [2.45, 2.75) is 19.8 Å². The topological polar surface area (TPSA) is 33.4 Å². The largest absolute Gasteiger partial charge is 0.504 e. The lowest BCUT2D eigenvalue weighted by Gasteiger charge is -1.92. The lowest BCUT2D eigenvalue weighted by molar-refractivity contribution is 0.475. The highest BCUT2D eigenvalue weighted by atomic mass is 16.4. The van der Waals surface area contributed by atoms with Crippen LogP contribution in [0.25, 0.3) is 11.2 Å². The minimum absolute atomic E-state index is 0.283. The van der Waals surface area contributed by atoms with Crippen molar-refractivity contribution in [3.63, 3.8) is 0 Å². The van der Waals surface area contributed by atoms with E-state index in [2.05, 4.69) is 6.92 Å². The number of phenols is 1. The van der Waals surface area contributed by atoms with Crippen molar-refractivity contribution < 1.29 is 9.52 Å². The summed E-state index contributed by atoms with van der Waals surface area (Å²) in [6.07, 6.45) is 2.07. The molecule has 2 bridgehead atoms. The fourth-order valence-corrected chi connectivity index (χ4v) is 1.39. The minimum atomic E-state index is 0.283. The molecule has 11 heavy (non-hydrogen) atoms. The lowest BCUT2D eigenvalue weighted by Crippen LogP contribution is -1.79. The summed E-state index contributed by atoms with van der Waals surface area (Å²) in [5, 5.41) is 9.25. The molecule has 2 rings (SSSR count). The van der Waals surface area contributed by atoms with E-state index >= 15 is 0 Å². The fraction of sp³-hybridized carbons (Fsp3) is 0.333. The molecule has 0 spiro atoms. The van der Waals surface area contributed by atoms with Crippen LogP contribution in [0.5, 0.6) is 5.75 Å². The van der Waals surface area contributed by atoms with Crippen LogP contribution in [0.3, 0.4) is 0 Å². The Kier molecular flexibility index (Phi) is 1.28. The molecule has 58 valence electrons. The monoisotopic (exact) mass is 150 g/mol. The third kappa shape index (κ3) is 0.862. The molecule has 0 radical (unpaired) electrons. The Morgan fingerprint density at radius 1 is 1.45 bits per heavy atom. The molecule has 1 N–H and O–H groups in total. The standard InChI is InChI=1S/C9H10O2/c1-2-3-6-4-7-5-8(10)9(6)11-7/h4-5,10H,2-3H2,1H3. The predicted molar refractivity (Wildman–Crippen MR) is 43.1 cm³/mol. The normalized spacial score (nSPS) is 11.4. The van der Waals surface area contributed by atoms with E-state index in [0.29, 0.717) is 5.58 Å². The van der Waals surface area contributed by atoms with Crippen LogP contribution in [-0.4, -0.2) is 5.11 Å². The Bertz CT molecular complexity index is 348. The summed E-state index contributed by atoms with van der Waals surface area (Å²) in [5.74, 6) is 0.283. The van der Waals surface area contributed by atoms with Gasteiger partial charge in [0.2, 0.25) is 0 Å². The summed E-state index contributed by atoms with van der Waals surface area (Å²) in [5.41, 5.74) is 2.57. The van der Waals surface area contributed by atoms with Crippen molar-refractivity contribution >= 4 is 11.2 Å². The first-order valence-corrected chi connectivity index (χ1v) is 3.85. The summed E-state index contributed by atoms with van der Waals surface area (Å²) >= 11 is 0. The molecule has 0 aromatic carbocycles. The van der Waals surface area contributed by atoms with Gasteiger partial charge in [-0.2, -0.15) is 0 Å². The molecule has 0 saturated carbocycles. The van der Waals surface area contributed by atoms with E-state index in [4.69, 9.17) is 4.42 Å². The van der Waals surface area contributed by atoms with E-state index in [1.807, 2.05) is 6.07 Å². The number of fused-ring (bicyclic) bond motifs is 2. The molecule has 0 amide bonds. The Morgan fingerprint density at radius 2 is 2.27 bits per heavy atom. The second-order valence-corrected chi connectivity index (χ2v) is 2.78. The number of hydrogen-bond donors (Lipinski definition) is 1. The Labute approximate surface area is 64.8 Å². The van der Waals surface area contributed by atoms with Crippen molar-refractivity contribution in [1.29, 1.82) is 0 Å². The molecule has 0 saturated heterocycles. The second-order valence-electron chi connectivity index (χ2n) is 2.78. The van der Waals surface area contributed by atoms with Crippen LogP contribution in [0.4, 0.5) is 0 Å². The number of aromatic hydroxyl groups is 1. The molecule has 2 heteroatoms. The van der Waals surface area contributed by atoms with Gasteiger partial charge >= 0.3 is 0 Å². The highest BCUT2D eigenvalue weighted by molar-refractivity contribution is 5.74. The van der Waals surface area contributed by atoms with Gasteiger partial charge in [-0.15, -0.1) is 0 Å². The van der Waals surface area contributed by atoms with E-state index in [9.17, 15) is 5.11 Å². The molecule has 2 aromatic rings. The number of aryl methyl sites for hydroxylation is 1. The summed E-state index contributed by atoms with van der Waals surface area (Å²) in [4.78, 5) is 0. The molecule has 0 unspecified atom stereocenters. The molecule has 0 fully saturated rings. The van der Waals surface area contributed by atoms with Gasteiger partial charge in [-0.25, -0.2) is 0 Å². The number of benzene rings is 1. The molecular weight excluding hydrogens is 140 g/mol. The van der Waals surface area contributed by atoms with Crippen LogP contribution in [-0.2, 0) is 6.42 Å². The SMILES string of the molecule is CCCc1cc2cc(O)c1o2. The quantitative estimate of drug-likeness (QED) is 0.713. The highest BCUT2D eigenvalue weighted by Crippen LogP contribution is 2.32. The Morgan fingerprint density at radius 3 is 2.82 bits per heavy atom. The van der Waals surface area contributed by atoms with Gasteiger partial charge < -0.3 is 9.52 Å². The third-order valence-corrected chi connectivity index (χ3v) is 1.86. The average molecular weight is 150 g/mol. The van der Waals surface area contributed by atoms with Crippen LogP contribution < -0.4 is 0 Å². The first-order chi connectivity index (χ1) is 5.31. The van der Waals surface area contributed by atoms with E-state index in [0.717, 1.165) is 24.0 Å². The van der Waals surface area contributed by atoms with Gasteiger partial charge in [0.25, 0.3) is 0 Å². The summed E-state index contributed by atoms with van der Waals surface area (Å²) in [7, 11) is 0. The van der Waals surface area contributed by atoms with Gasteiger partial charge in [-0.3, -0.25) is 0 Å². The Balaban J connectivity index is 2.49. The molecule has 0 aliphatic rings. The highest BCUT2D eigenvalue weighted by Gasteiger charge is 2.11. The average Bonchev–Trinajstić information content (AvgIpc) is 2.46. The zero-order chi connectivity index (χ0) is 7.84. The van der Waals surface area contributed by atoms with Crippen molar-refractivity contribution in [1.82, 2.24) is 0 Å². The van der Waals surface area contributed by atoms with E-state index in [1.165, 1.54) is 0 Å². The summed E-state index contributed by atoms with van der Waals surface area (Å²) < 4.78 is 5.25. The van der Waals surface area contributed by atoms with Gasteiger partial charge in [0.1, 0.15) is 5.58 Å². The molecule has 2 heterocycles. The molecule has 0 atom stereocenters. The summed E-state index contributed by atoms with van der Waals surface area (Å²) in [6.45, 7) is 2.11. The van der Waals surface area contributed by atoms with Crippen LogP contribution in [0.1, 0.15) is 18.9 Å². The first kappa shape index (κ1) is 6.53. The maximum atomic E-state index is 9.25. The maximum absolute atomic E-state index is 9.25. The molecule has 0 aliphatic heterocycles. The molecule has 2 aromatic heterocycles. The molecular formula is C9H10O2. The fourth-order valence-electron chi connectivity index (χ4n) is 1.39. The number of hydrogen-bond acceptors (Lipinski definition) is 2. The molecule has 0 aliphatic carbocycles. The van der Waals surface area contributed by atoms with Gasteiger partial charge in [0.15, 0.2) is 11.3 Å². The first-order valence-electron chi connectivity index (χ1n) is 3.85. The maximum Gasteiger partial charge on any atom is 0.172 e. The Hall–Kier alpha value is -1.18. The van der Waals surface area contributed by atoms with Gasteiger partial charge in [-0.05, 0) is 12.5 Å². The van der Waals surface area contributed by atoms with E-state index in [-0.39, 0.29) is 5.75 Å². The van der Waals surface area contributed by atoms with Crippen LogP contribution >= 0.6 is 0 Å². The smallest absolute Gasteiger partial charge is 0.172 e. The number of rotatable bonds is 2. The molecule has 2 nitrogen and oxygen atoms in total. The minimum Gasteiger partial charge on any atom is -0.504 e. The van der Waals surface area contributed by atoms with Gasteiger partial charge in [-0.1, -0.05) is 13.3 Å². The second kappa shape index (κ2) is 2.16. The van der Waals surface area contributed by atoms with Crippen molar-refractivity contribution in [3.8, 4) is 5.75 Å². The van der Waals surface area contributed by atoms with Gasteiger partial charge in [0.05, 0.1) is 0 Å². The van der Waals surface area contributed by atoms with Crippen LogP contribution in [0.15, 0.2) is 16.5 Å². The lowest BCUT2D eigenvalue weighted by atomic mass is 10.1. The van der Waals surface area contributed by atoms with Gasteiger partial charge in [0, 0.05) is 11.6 Å². The van der Waals surface area contributed by atoms with Crippen LogP contribution in [0.2, 0.25) is 0 Å². The zero-order valence-corrected chi connectivity index (χ0v) is 6.42. The van der Waals surface area contributed by atoms with Crippen molar-refractivity contribution in [2.75, 3.05) is 0 Å². The van der Waals surface area contributed by atoms with E-state index in [1.54, 1.807) is 6.07 Å². The van der Waals surface area contributed by atoms with Crippen molar-refractivity contribution in [2.24, 2.45) is 0 Å². The zero-order valence-electron chi connectivity index (χ0n) is 6.42. The number of phenolic OH excluding ortho intramolecular Hbond substituents is 1. The van der Waals surface area contributed by atoms with Crippen LogP contribution in [0, 0.1) is 0 Å². The number of furan rings is 2.